The second-order valence-corrected chi connectivity index (χ2v) is 7.70. The Morgan fingerprint density at radius 3 is 2.50 bits per heavy atom. The van der Waals surface area contributed by atoms with E-state index in [-0.39, 0.29) is 24.8 Å². The summed E-state index contributed by atoms with van der Waals surface area (Å²) in [7, 11) is 1.81. The van der Waals surface area contributed by atoms with Crippen molar-refractivity contribution in [1.29, 1.82) is 0 Å². The molecule has 1 amide bonds. The van der Waals surface area contributed by atoms with Crippen molar-refractivity contribution in [1.82, 2.24) is 29.4 Å². The number of carbonyl (C=O) groups is 1. The first-order chi connectivity index (χ1) is 14.3. The molecule has 0 N–H and O–H groups in total. The van der Waals surface area contributed by atoms with Gasteiger partial charge in [0.25, 0.3) is 5.91 Å². The molecule has 1 unspecified atom stereocenters. The van der Waals surface area contributed by atoms with E-state index in [9.17, 15) is 18.0 Å². The average molecular weight is 416 g/mol. The lowest BCUT2D eigenvalue weighted by Crippen LogP contribution is -2.43. The van der Waals surface area contributed by atoms with Crippen LogP contribution in [0.5, 0.6) is 0 Å². The molecule has 30 heavy (non-hydrogen) atoms. The third-order valence-electron chi connectivity index (χ3n) is 5.66. The van der Waals surface area contributed by atoms with E-state index in [1.165, 1.54) is 0 Å². The van der Waals surface area contributed by atoms with Gasteiger partial charge in [-0.3, -0.25) is 9.48 Å². The van der Waals surface area contributed by atoms with E-state index in [0.29, 0.717) is 17.2 Å². The molecule has 2 aliphatic rings. The van der Waals surface area contributed by atoms with E-state index in [1.807, 2.05) is 13.1 Å². The lowest BCUT2D eigenvalue weighted by atomic mass is 10.0. The summed E-state index contributed by atoms with van der Waals surface area (Å²) in [5.74, 6) is -0.840. The minimum atomic E-state index is -4.61. The molecule has 3 aromatic rings. The number of amides is 1. The first-order valence-corrected chi connectivity index (χ1v) is 9.74. The third-order valence-corrected chi connectivity index (χ3v) is 5.66. The fourth-order valence-electron chi connectivity index (χ4n) is 4.10. The molecule has 0 spiro atoms. The number of hydrogen-bond acceptors (Lipinski definition) is 4. The van der Waals surface area contributed by atoms with Crippen molar-refractivity contribution in [2.45, 2.75) is 37.5 Å². The Morgan fingerprint density at radius 1 is 1.10 bits per heavy atom. The van der Waals surface area contributed by atoms with Gasteiger partial charge in [0.15, 0.2) is 11.5 Å². The summed E-state index contributed by atoms with van der Waals surface area (Å²) in [6.45, 7) is 0.0659. The van der Waals surface area contributed by atoms with Gasteiger partial charge >= 0.3 is 6.18 Å². The highest BCUT2D eigenvalue weighted by Gasteiger charge is 2.43. The molecular formula is C20H19F3N6O. The second-order valence-electron chi connectivity index (χ2n) is 7.70. The standard InChI is InChI=1S/C20H19F3N6O/c1-27-15(12-7-8-12)11-14(26-27)18(30)28-9-10-29-17(24-25-19(29)20(21,22)23)16(28)13-5-3-2-4-6-13/h2-6,11-12,16H,7-10H2,1H3. The zero-order valence-corrected chi connectivity index (χ0v) is 16.2. The SMILES string of the molecule is Cn1nc(C(=O)N2CCn3c(nnc3C(F)(F)F)C2c2ccccc2)cc1C1CC1. The fraction of sp³-hybridized carbons (Fsp3) is 0.400. The number of aryl methyl sites for hydroxylation is 1. The highest BCUT2D eigenvalue weighted by Crippen LogP contribution is 2.41. The highest BCUT2D eigenvalue weighted by molar-refractivity contribution is 5.93. The van der Waals surface area contributed by atoms with Crippen LogP contribution in [-0.4, -0.2) is 41.9 Å². The van der Waals surface area contributed by atoms with Crippen molar-refractivity contribution < 1.29 is 18.0 Å². The van der Waals surface area contributed by atoms with Crippen LogP contribution >= 0.6 is 0 Å². The van der Waals surface area contributed by atoms with E-state index in [1.54, 1.807) is 39.9 Å². The van der Waals surface area contributed by atoms with Gasteiger partial charge in [-0.15, -0.1) is 10.2 Å². The molecule has 2 aromatic heterocycles. The van der Waals surface area contributed by atoms with Gasteiger partial charge in [-0.25, -0.2) is 0 Å². The number of alkyl halides is 3. The molecule has 1 saturated carbocycles. The first-order valence-electron chi connectivity index (χ1n) is 9.74. The van der Waals surface area contributed by atoms with Gasteiger partial charge in [-0.1, -0.05) is 30.3 Å². The molecule has 3 heterocycles. The summed E-state index contributed by atoms with van der Waals surface area (Å²) in [5.41, 5.74) is 1.98. The van der Waals surface area contributed by atoms with Crippen LogP contribution in [0.4, 0.5) is 13.2 Å². The summed E-state index contributed by atoms with van der Waals surface area (Å²) in [6.07, 6.45) is -2.46. The summed E-state index contributed by atoms with van der Waals surface area (Å²) < 4.78 is 42.9. The third kappa shape index (κ3) is 3.06. The molecule has 5 rings (SSSR count). The Kier molecular flexibility index (Phi) is 4.19. The number of rotatable bonds is 3. The van der Waals surface area contributed by atoms with Crippen LogP contribution in [-0.2, 0) is 19.8 Å². The Hall–Kier alpha value is -3.17. The van der Waals surface area contributed by atoms with Crippen LogP contribution in [0, 0.1) is 0 Å². The van der Waals surface area contributed by atoms with Crippen molar-refractivity contribution >= 4 is 5.91 Å². The van der Waals surface area contributed by atoms with E-state index in [0.717, 1.165) is 23.1 Å². The van der Waals surface area contributed by atoms with Gasteiger partial charge in [0, 0.05) is 31.7 Å². The van der Waals surface area contributed by atoms with Crippen LogP contribution in [0.3, 0.4) is 0 Å². The zero-order chi connectivity index (χ0) is 21.0. The largest absolute Gasteiger partial charge is 0.451 e. The summed E-state index contributed by atoms with van der Waals surface area (Å²) in [5, 5.41) is 11.6. The summed E-state index contributed by atoms with van der Waals surface area (Å²) in [4.78, 5) is 14.9. The van der Waals surface area contributed by atoms with Crippen LogP contribution in [0.2, 0.25) is 0 Å². The molecule has 1 fully saturated rings. The number of halogens is 3. The van der Waals surface area contributed by atoms with E-state index < -0.39 is 18.0 Å². The number of fused-ring (bicyclic) bond motifs is 1. The predicted molar refractivity (Wildman–Crippen MR) is 99.5 cm³/mol. The van der Waals surface area contributed by atoms with Gasteiger partial charge < -0.3 is 9.47 Å². The Labute approximate surface area is 170 Å². The lowest BCUT2D eigenvalue weighted by Gasteiger charge is -2.35. The molecule has 0 bridgehead atoms. The van der Waals surface area contributed by atoms with Gasteiger partial charge in [-0.2, -0.15) is 18.3 Å². The molecular weight excluding hydrogens is 397 g/mol. The lowest BCUT2D eigenvalue weighted by molar-refractivity contribution is -0.148. The Balaban J connectivity index is 1.57. The maximum atomic E-state index is 13.4. The van der Waals surface area contributed by atoms with Crippen LogP contribution in [0.1, 0.15) is 58.2 Å². The molecule has 1 aliphatic carbocycles. The van der Waals surface area contributed by atoms with Crippen LogP contribution < -0.4 is 0 Å². The highest BCUT2D eigenvalue weighted by atomic mass is 19.4. The van der Waals surface area contributed by atoms with E-state index in [4.69, 9.17) is 0 Å². The number of carbonyl (C=O) groups excluding carboxylic acids is 1. The van der Waals surface area contributed by atoms with Gasteiger partial charge in [-0.05, 0) is 24.5 Å². The monoisotopic (exact) mass is 416 g/mol. The molecule has 7 nitrogen and oxygen atoms in total. The second kappa shape index (κ2) is 6.68. The molecule has 0 radical (unpaired) electrons. The van der Waals surface area contributed by atoms with Gasteiger partial charge in [0.1, 0.15) is 6.04 Å². The van der Waals surface area contributed by atoms with E-state index in [2.05, 4.69) is 15.3 Å². The van der Waals surface area contributed by atoms with Gasteiger partial charge in [0.2, 0.25) is 5.82 Å². The zero-order valence-electron chi connectivity index (χ0n) is 16.2. The molecule has 1 aliphatic heterocycles. The van der Waals surface area contributed by atoms with Gasteiger partial charge in [0.05, 0.1) is 0 Å². The van der Waals surface area contributed by atoms with Crippen molar-refractivity contribution in [2.75, 3.05) is 6.54 Å². The Bertz CT molecular complexity index is 1100. The first kappa shape index (κ1) is 18.8. The number of nitrogens with zero attached hydrogens (tertiary/aromatic N) is 6. The Morgan fingerprint density at radius 2 is 1.83 bits per heavy atom. The molecule has 1 atom stereocenters. The maximum Gasteiger partial charge on any atom is 0.451 e. The quantitative estimate of drug-likeness (QED) is 0.658. The van der Waals surface area contributed by atoms with Crippen molar-refractivity contribution in [2.24, 2.45) is 7.05 Å². The molecule has 10 heteroatoms. The van der Waals surface area contributed by atoms with Crippen LogP contribution in [0.25, 0.3) is 0 Å². The number of benzene rings is 1. The average Bonchev–Trinajstić information content (AvgIpc) is 3.34. The maximum absolute atomic E-state index is 13.4. The normalized spacial score (nSPS) is 19.1. The smallest absolute Gasteiger partial charge is 0.321 e. The molecule has 0 saturated heterocycles. The van der Waals surface area contributed by atoms with Crippen LogP contribution in [0.15, 0.2) is 36.4 Å². The van der Waals surface area contributed by atoms with E-state index >= 15 is 0 Å². The fourth-order valence-corrected chi connectivity index (χ4v) is 4.10. The number of aromatic nitrogens is 5. The van der Waals surface area contributed by atoms with Crippen molar-refractivity contribution in [3.05, 3.63) is 65.0 Å². The topological polar surface area (TPSA) is 68.8 Å². The minimum absolute atomic E-state index is 0.0332. The number of hydrogen-bond donors (Lipinski definition) is 0. The predicted octanol–water partition coefficient (Wildman–Crippen LogP) is 3.15. The molecule has 156 valence electrons. The molecule has 1 aromatic carbocycles. The van der Waals surface area contributed by atoms with Crippen molar-refractivity contribution in [3.63, 3.8) is 0 Å². The van der Waals surface area contributed by atoms with Crippen molar-refractivity contribution in [3.8, 4) is 0 Å². The minimum Gasteiger partial charge on any atom is -0.321 e. The summed E-state index contributed by atoms with van der Waals surface area (Å²) >= 11 is 0. The summed E-state index contributed by atoms with van der Waals surface area (Å²) in [6, 6.07) is 9.94.